The first kappa shape index (κ1) is 20.4. The lowest BCUT2D eigenvalue weighted by Gasteiger charge is -2.24. The van der Waals surface area contributed by atoms with Crippen LogP contribution >= 0.6 is 11.6 Å². The third kappa shape index (κ3) is 5.02. The van der Waals surface area contributed by atoms with E-state index in [-0.39, 0.29) is 12.2 Å². The van der Waals surface area contributed by atoms with E-state index in [0.29, 0.717) is 27.8 Å². The molecule has 1 N–H and O–H groups in total. The van der Waals surface area contributed by atoms with E-state index in [1.807, 2.05) is 6.07 Å². The van der Waals surface area contributed by atoms with Gasteiger partial charge in [-0.15, -0.1) is 0 Å². The van der Waals surface area contributed by atoms with E-state index >= 15 is 0 Å². The molecular weight excluding hydrogens is 420 g/mol. The van der Waals surface area contributed by atoms with E-state index in [0.717, 1.165) is 0 Å². The predicted octanol–water partition coefficient (Wildman–Crippen LogP) is 3.85. The van der Waals surface area contributed by atoms with Gasteiger partial charge in [-0.1, -0.05) is 35.9 Å². The van der Waals surface area contributed by atoms with Gasteiger partial charge in [0.25, 0.3) is 5.91 Å². The maximum Gasteiger partial charge on any atom is 0.345 e. The summed E-state index contributed by atoms with van der Waals surface area (Å²) in [6, 6.07) is 20.4. The minimum atomic E-state index is -0.793. The van der Waals surface area contributed by atoms with Crippen molar-refractivity contribution in [1.82, 2.24) is 5.43 Å². The second-order valence-corrected chi connectivity index (χ2v) is 6.94. The lowest BCUT2D eigenvalue weighted by molar-refractivity contribution is -0.130. The molecule has 0 fully saturated rings. The molecule has 0 saturated carbocycles. The Hall–Kier alpha value is -3.84. The fourth-order valence-electron chi connectivity index (χ4n) is 2.80. The number of carbonyl (C=O) groups excluding carboxylic acids is 2. The summed E-state index contributed by atoms with van der Waals surface area (Å²) in [7, 11) is 0. The summed E-state index contributed by atoms with van der Waals surface area (Å²) >= 11 is 6.00. The van der Waals surface area contributed by atoms with Crippen LogP contribution in [0.25, 0.3) is 0 Å². The van der Waals surface area contributed by atoms with E-state index in [1.54, 1.807) is 66.7 Å². The monoisotopic (exact) mass is 436 g/mol. The van der Waals surface area contributed by atoms with Crippen LogP contribution in [0, 0.1) is 0 Å². The van der Waals surface area contributed by atoms with Crippen LogP contribution < -0.4 is 19.6 Å². The fourth-order valence-corrected chi connectivity index (χ4v) is 3.01. The van der Waals surface area contributed by atoms with Crippen molar-refractivity contribution in [2.45, 2.75) is 6.10 Å². The maximum absolute atomic E-state index is 12.2. The Labute approximate surface area is 183 Å². The number of amides is 1. The highest BCUT2D eigenvalue weighted by atomic mass is 35.5. The molecule has 1 aliphatic heterocycles. The summed E-state index contributed by atoms with van der Waals surface area (Å²) in [4.78, 5) is 24.4. The van der Waals surface area contributed by atoms with Crippen molar-refractivity contribution in [3.05, 3.63) is 88.9 Å². The number of nitrogens with zero attached hydrogens (tertiary/aromatic N) is 1. The summed E-state index contributed by atoms with van der Waals surface area (Å²) in [5, 5.41) is 4.26. The Balaban J connectivity index is 1.30. The Morgan fingerprint density at radius 2 is 1.71 bits per heavy atom. The highest BCUT2D eigenvalue weighted by Gasteiger charge is 2.26. The zero-order valence-electron chi connectivity index (χ0n) is 16.2. The molecule has 0 unspecified atom stereocenters. The Bertz CT molecular complexity index is 1130. The normalized spacial score (nSPS) is 14.8. The molecular formula is C23H17ClN2O5. The van der Waals surface area contributed by atoms with Crippen molar-refractivity contribution in [2.75, 3.05) is 6.61 Å². The number of hydrogen-bond acceptors (Lipinski definition) is 6. The minimum Gasteiger partial charge on any atom is -0.485 e. The first-order valence-corrected chi connectivity index (χ1v) is 9.76. The van der Waals surface area contributed by atoms with E-state index in [9.17, 15) is 9.59 Å². The molecule has 0 saturated heterocycles. The number of benzene rings is 3. The number of hydrogen-bond donors (Lipinski definition) is 1. The van der Waals surface area contributed by atoms with Crippen molar-refractivity contribution in [1.29, 1.82) is 0 Å². The average Bonchev–Trinajstić information content (AvgIpc) is 2.80. The van der Waals surface area contributed by atoms with Crippen LogP contribution in [0.3, 0.4) is 0 Å². The van der Waals surface area contributed by atoms with Crippen LogP contribution in [0.15, 0.2) is 77.9 Å². The van der Waals surface area contributed by atoms with Crippen molar-refractivity contribution < 1.29 is 23.8 Å². The van der Waals surface area contributed by atoms with E-state index in [1.165, 1.54) is 6.21 Å². The summed E-state index contributed by atoms with van der Waals surface area (Å²) < 4.78 is 16.5. The Kier molecular flexibility index (Phi) is 6.14. The molecule has 156 valence electrons. The number of ether oxygens (including phenoxy) is 3. The van der Waals surface area contributed by atoms with Gasteiger partial charge in [-0.05, 0) is 54.1 Å². The quantitative estimate of drug-likeness (QED) is 0.284. The molecule has 3 aromatic rings. The summed E-state index contributed by atoms with van der Waals surface area (Å²) in [5.74, 6) is 0.509. The van der Waals surface area contributed by atoms with E-state index in [2.05, 4.69) is 10.5 Å². The molecule has 1 aliphatic rings. The molecule has 0 spiro atoms. The highest BCUT2D eigenvalue weighted by Crippen LogP contribution is 2.30. The number of para-hydroxylation sites is 2. The second kappa shape index (κ2) is 9.32. The van der Waals surface area contributed by atoms with Crippen LogP contribution in [-0.2, 0) is 4.79 Å². The van der Waals surface area contributed by atoms with Gasteiger partial charge in [-0.25, -0.2) is 10.2 Å². The molecule has 1 atom stereocenters. The smallest absolute Gasteiger partial charge is 0.345 e. The number of nitrogens with one attached hydrogen (secondary N) is 1. The number of hydrazone groups is 1. The molecule has 3 aromatic carbocycles. The molecule has 0 aliphatic carbocycles. The Morgan fingerprint density at radius 3 is 2.48 bits per heavy atom. The SMILES string of the molecule is O=C(Oc1ccc(/C=N/NC(=O)[C@@H]2COc3ccccc3O2)cc1)c1ccccc1Cl. The van der Waals surface area contributed by atoms with Crippen molar-refractivity contribution in [3.63, 3.8) is 0 Å². The van der Waals surface area contributed by atoms with Gasteiger partial charge < -0.3 is 14.2 Å². The molecule has 31 heavy (non-hydrogen) atoms. The van der Waals surface area contributed by atoms with Crippen molar-refractivity contribution in [2.24, 2.45) is 5.10 Å². The fraction of sp³-hybridized carbons (Fsp3) is 0.0870. The molecule has 8 heteroatoms. The van der Waals surface area contributed by atoms with Gasteiger partial charge in [0.05, 0.1) is 16.8 Å². The Morgan fingerprint density at radius 1 is 1.00 bits per heavy atom. The first-order valence-electron chi connectivity index (χ1n) is 9.38. The topological polar surface area (TPSA) is 86.2 Å². The second-order valence-electron chi connectivity index (χ2n) is 6.54. The minimum absolute atomic E-state index is 0.101. The third-order valence-electron chi connectivity index (χ3n) is 4.37. The van der Waals surface area contributed by atoms with Crippen LogP contribution in [0.2, 0.25) is 5.02 Å². The molecule has 1 amide bonds. The molecule has 4 rings (SSSR count). The third-order valence-corrected chi connectivity index (χ3v) is 4.70. The number of fused-ring (bicyclic) bond motifs is 1. The van der Waals surface area contributed by atoms with Crippen LogP contribution in [-0.4, -0.2) is 30.8 Å². The molecule has 0 bridgehead atoms. The molecule has 0 aromatic heterocycles. The van der Waals surface area contributed by atoms with Gasteiger partial charge in [0.1, 0.15) is 12.4 Å². The van der Waals surface area contributed by atoms with Crippen LogP contribution in [0.4, 0.5) is 0 Å². The number of esters is 1. The lowest BCUT2D eigenvalue weighted by Crippen LogP contribution is -2.42. The standard InChI is InChI=1S/C23H17ClN2O5/c24-18-6-2-1-5-17(18)23(28)30-16-11-9-15(10-12-16)13-25-26-22(27)21-14-29-19-7-3-4-8-20(19)31-21/h1-13,21H,14H2,(H,26,27)/b25-13+/t21-/m0/s1. The molecule has 0 radical (unpaired) electrons. The number of carbonyl (C=O) groups is 2. The highest BCUT2D eigenvalue weighted by molar-refractivity contribution is 6.33. The molecule has 1 heterocycles. The van der Waals surface area contributed by atoms with Crippen molar-refractivity contribution in [3.8, 4) is 17.2 Å². The summed E-state index contributed by atoms with van der Waals surface area (Å²) in [6.07, 6.45) is 0.675. The summed E-state index contributed by atoms with van der Waals surface area (Å²) in [6.45, 7) is 0.101. The zero-order chi connectivity index (χ0) is 21.6. The van der Waals surface area contributed by atoms with Crippen LogP contribution in [0.1, 0.15) is 15.9 Å². The van der Waals surface area contributed by atoms with Crippen molar-refractivity contribution >= 4 is 29.7 Å². The lowest BCUT2D eigenvalue weighted by atomic mass is 10.2. The van der Waals surface area contributed by atoms with E-state index < -0.39 is 18.0 Å². The average molecular weight is 437 g/mol. The van der Waals surface area contributed by atoms with Gasteiger partial charge in [0.15, 0.2) is 11.5 Å². The molecule has 7 nitrogen and oxygen atoms in total. The van der Waals surface area contributed by atoms with Gasteiger partial charge >= 0.3 is 5.97 Å². The van der Waals surface area contributed by atoms with Crippen LogP contribution in [0.5, 0.6) is 17.2 Å². The summed E-state index contributed by atoms with van der Waals surface area (Å²) in [5.41, 5.74) is 3.42. The van der Waals surface area contributed by atoms with Gasteiger partial charge in [-0.3, -0.25) is 4.79 Å². The largest absolute Gasteiger partial charge is 0.485 e. The van der Waals surface area contributed by atoms with Gasteiger partial charge in [-0.2, -0.15) is 5.10 Å². The van der Waals surface area contributed by atoms with Gasteiger partial charge in [0.2, 0.25) is 6.10 Å². The van der Waals surface area contributed by atoms with E-state index in [4.69, 9.17) is 25.8 Å². The van der Waals surface area contributed by atoms with Gasteiger partial charge in [0, 0.05) is 0 Å². The first-order chi connectivity index (χ1) is 15.1. The number of rotatable bonds is 5. The predicted molar refractivity (Wildman–Crippen MR) is 115 cm³/mol. The maximum atomic E-state index is 12.2. The number of halogens is 1. The zero-order valence-corrected chi connectivity index (χ0v) is 16.9.